The zero-order valence-corrected chi connectivity index (χ0v) is 15.1. The van der Waals surface area contributed by atoms with Crippen molar-refractivity contribution in [2.24, 2.45) is 0 Å². The number of nitrogens with zero attached hydrogens (tertiary/aromatic N) is 1. The summed E-state index contributed by atoms with van der Waals surface area (Å²) in [5.41, 5.74) is 3.63. The molecule has 3 rings (SSSR count). The van der Waals surface area contributed by atoms with Crippen LogP contribution in [0.4, 0.5) is 0 Å². The van der Waals surface area contributed by atoms with E-state index in [1.165, 1.54) is 0 Å². The molecular formula is C20H20N2O2S. The van der Waals surface area contributed by atoms with Crippen LogP contribution in [0.2, 0.25) is 0 Å². The topological polar surface area (TPSA) is 51.2 Å². The largest absolute Gasteiger partial charge is 0.497 e. The van der Waals surface area contributed by atoms with Gasteiger partial charge in [-0.3, -0.25) is 4.79 Å². The summed E-state index contributed by atoms with van der Waals surface area (Å²) in [6.45, 7) is 2.56. The van der Waals surface area contributed by atoms with Crippen LogP contribution in [0.3, 0.4) is 0 Å². The number of rotatable bonds is 6. The Morgan fingerprint density at radius 1 is 1.20 bits per heavy atom. The number of amides is 1. The Bertz CT molecular complexity index is 856. The molecule has 0 unspecified atom stereocenters. The first-order valence-corrected chi connectivity index (χ1v) is 9.03. The van der Waals surface area contributed by atoms with E-state index in [1.807, 2.05) is 48.5 Å². The Morgan fingerprint density at radius 3 is 2.68 bits per heavy atom. The molecule has 0 saturated heterocycles. The molecule has 1 N–H and O–H groups in total. The maximum absolute atomic E-state index is 12.3. The van der Waals surface area contributed by atoms with E-state index in [2.05, 4.69) is 22.6 Å². The van der Waals surface area contributed by atoms with Gasteiger partial charge in [0.1, 0.15) is 5.75 Å². The Kier molecular flexibility index (Phi) is 5.46. The van der Waals surface area contributed by atoms with Crippen molar-refractivity contribution in [3.8, 4) is 17.0 Å². The van der Waals surface area contributed by atoms with Crippen molar-refractivity contribution >= 4 is 17.2 Å². The van der Waals surface area contributed by atoms with E-state index in [0.29, 0.717) is 12.1 Å². The number of carbonyl (C=O) groups is 1. The van der Waals surface area contributed by atoms with Gasteiger partial charge in [0.2, 0.25) is 0 Å². The van der Waals surface area contributed by atoms with E-state index in [1.54, 1.807) is 18.4 Å². The van der Waals surface area contributed by atoms with E-state index in [9.17, 15) is 4.79 Å². The number of aryl methyl sites for hydroxylation is 1. The molecule has 0 aliphatic carbocycles. The van der Waals surface area contributed by atoms with Crippen molar-refractivity contribution in [3.63, 3.8) is 0 Å². The molecule has 1 heterocycles. The van der Waals surface area contributed by atoms with Gasteiger partial charge in [0.15, 0.2) is 0 Å². The van der Waals surface area contributed by atoms with E-state index in [0.717, 1.165) is 34.0 Å². The molecule has 25 heavy (non-hydrogen) atoms. The summed E-state index contributed by atoms with van der Waals surface area (Å²) in [6.07, 6.45) is 0.940. The van der Waals surface area contributed by atoms with E-state index in [4.69, 9.17) is 4.74 Å². The number of aromatic nitrogens is 1. The summed E-state index contributed by atoms with van der Waals surface area (Å²) in [5, 5.41) is 6.10. The molecule has 1 aromatic heterocycles. The molecule has 0 spiro atoms. The number of hydrogen-bond acceptors (Lipinski definition) is 4. The van der Waals surface area contributed by atoms with Crippen LogP contribution in [-0.2, 0) is 13.0 Å². The quantitative estimate of drug-likeness (QED) is 0.719. The zero-order chi connectivity index (χ0) is 17.6. The second kappa shape index (κ2) is 7.94. The standard InChI is InChI=1S/C20H20N2O2S/c1-3-19-22-18(13-25-19)15-7-9-16(10-8-15)20(23)21-12-14-5-4-6-17(11-14)24-2/h4-11,13H,3,12H2,1-2H3,(H,21,23). The number of benzene rings is 2. The van der Waals surface area contributed by atoms with Crippen LogP contribution in [0.15, 0.2) is 53.9 Å². The van der Waals surface area contributed by atoms with Crippen molar-refractivity contribution in [1.29, 1.82) is 0 Å². The summed E-state index contributed by atoms with van der Waals surface area (Å²) in [4.78, 5) is 16.9. The number of hydrogen-bond donors (Lipinski definition) is 1. The number of ether oxygens (including phenoxy) is 1. The first kappa shape index (κ1) is 17.2. The SMILES string of the molecule is CCc1nc(-c2ccc(C(=O)NCc3cccc(OC)c3)cc2)cs1. The molecule has 5 heteroatoms. The van der Waals surface area contributed by atoms with Crippen LogP contribution in [0, 0.1) is 0 Å². The van der Waals surface area contributed by atoms with Crippen LogP contribution in [0.1, 0.15) is 27.9 Å². The van der Waals surface area contributed by atoms with E-state index < -0.39 is 0 Å². The molecule has 0 saturated carbocycles. The number of methoxy groups -OCH3 is 1. The third-order valence-electron chi connectivity index (χ3n) is 3.88. The smallest absolute Gasteiger partial charge is 0.251 e. The summed E-state index contributed by atoms with van der Waals surface area (Å²) < 4.78 is 5.19. The van der Waals surface area contributed by atoms with Crippen LogP contribution in [-0.4, -0.2) is 18.0 Å². The first-order chi connectivity index (χ1) is 12.2. The molecule has 0 aliphatic heterocycles. The lowest BCUT2D eigenvalue weighted by Crippen LogP contribution is -2.22. The van der Waals surface area contributed by atoms with Crippen LogP contribution in [0.5, 0.6) is 5.75 Å². The van der Waals surface area contributed by atoms with Gasteiger partial charge in [-0.05, 0) is 36.2 Å². The van der Waals surface area contributed by atoms with Gasteiger partial charge in [-0.2, -0.15) is 0 Å². The monoisotopic (exact) mass is 352 g/mol. The summed E-state index contributed by atoms with van der Waals surface area (Å²) >= 11 is 1.66. The lowest BCUT2D eigenvalue weighted by molar-refractivity contribution is 0.0951. The Balaban J connectivity index is 1.64. The van der Waals surface area contributed by atoms with E-state index >= 15 is 0 Å². The fraction of sp³-hybridized carbons (Fsp3) is 0.200. The molecule has 3 aromatic rings. The minimum Gasteiger partial charge on any atom is -0.497 e. The zero-order valence-electron chi connectivity index (χ0n) is 14.3. The number of nitrogens with one attached hydrogen (secondary N) is 1. The fourth-order valence-corrected chi connectivity index (χ4v) is 3.22. The molecule has 2 aromatic carbocycles. The Hall–Kier alpha value is -2.66. The van der Waals surface area contributed by atoms with Crippen LogP contribution >= 0.6 is 11.3 Å². The third-order valence-corrected chi connectivity index (χ3v) is 4.88. The molecular weight excluding hydrogens is 332 g/mol. The van der Waals surface area contributed by atoms with Crippen LogP contribution < -0.4 is 10.1 Å². The lowest BCUT2D eigenvalue weighted by atomic mass is 10.1. The van der Waals surface area contributed by atoms with Gasteiger partial charge >= 0.3 is 0 Å². The molecule has 1 amide bonds. The Morgan fingerprint density at radius 2 is 2.00 bits per heavy atom. The fourth-order valence-electron chi connectivity index (χ4n) is 2.47. The van der Waals surface area contributed by atoms with Crippen molar-refractivity contribution in [3.05, 3.63) is 70.0 Å². The second-order valence-electron chi connectivity index (χ2n) is 5.59. The van der Waals surface area contributed by atoms with Crippen molar-refractivity contribution in [2.45, 2.75) is 19.9 Å². The summed E-state index contributed by atoms with van der Waals surface area (Å²) in [6, 6.07) is 15.2. The summed E-state index contributed by atoms with van der Waals surface area (Å²) in [5.74, 6) is 0.688. The van der Waals surface area contributed by atoms with Crippen molar-refractivity contribution in [1.82, 2.24) is 10.3 Å². The highest BCUT2D eigenvalue weighted by Gasteiger charge is 2.08. The highest BCUT2D eigenvalue weighted by molar-refractivity contribution is 7.09. The lowest BCUT2D eigenvalue weighted by Gasteiger charge is -2.07. The molecule has 0 bridgehead atoms. The minimum atomic E-state index is -0.0955. The number of carbonyl (C=O) groups excluding carboxylic acids is 1. The van der Waals surface area contributed by atoms with Crippen molar-refractivity contribution < 1.29 is 9.53 Å². The predicted molar refractivity (Wildman–Crippen MR) is 101 cm³/mol. The molecule has 0 fully saturated rings. The van der Waals surface area contributed by atoms with Crippen molar-refractivity contribution in [2.75, 3.05) is 7.11 Å². The molecule has 128 valence electrons. The maximum atomic E-state index is 12.3. The van der Waals surface area contributed by atoms with E-state index in [-0.39, 0.29) is 5.91 Å². The normalized spacial score (nSPS) is 10.5. The highest BCUT2D eigenvalue weighted by Crippen LogP contribution is 2.22. The van der Waals surface area contributed by atoms with Gasteiger partial charge in [-0.15, -0.1) is 11.3 Å². The van der Waals surface area contributed by atoms with Gasteiger partial charge in [0.05, 0.1) is 17.8 Å². The molecule has 4 nitrogen and oxygen atoms in total. The predicted octanol–water partition coefficient (Wildman–Crippen LogP) is 4.31. The summed E-state index contributed by atoms with van der Waals surface area (Å²) in [7, 11) is 1.63. The second-order valence-corrected chi connectivity index (χ2v) is 6.53. The average Bonchev–Trinajstić information content (AvgIpc) is 3.15. The molecule has 0 aliphatic rings. The highest BCUT2D eigenvalue weighted by atomic mass is 32.1. The van der Waals surface area contributed by atoms with Gasteiger partial charge in [0.25, 0.3) is 5.91 Å². The molecule has 0 radical (unpaired) electrons. The van der Waals surface area contributed by atoms with Gasteiger partial charge < -0.3 is 10.1 Å². The van der Waals surface area contributed by atoms with Gasteiger partial charge in [0, 0.05) is 23.1 Å². The third kappa shape index (κ3) is 4.25. The Labute approximate surface area is 151 Å². The average molecular weight is 352 g/mol. The first-order valence-electron chi connectivity index (χ1n) is 8.15. The minimum absolute atomic E-state index is 0.0955. The van der Waals surface area contributed by atoms with Crippen LogP contribution in [0.25, 0.3) is 11.3 Å². The maximum Gasteiger partial charge on any atom is 0.251 e. The van der Waals surface area contributed by atoms with Gasteiger partial charge in [-0.1, -0.05) is 31.2 Å². The number of thiazole rings is 1. The van der Waals surface area contributed by atoms with Gasteiger partial charge in [-0.25, -0.2) is 4.98 Å². The molecule has 0 atom stereocenters.